The number of hydrogen-bond donors (Lipinski definition) is 0. The van der Waals surface area contributed by atoms with Crippen molar-refractivity contribution in [3.8, 4) is 0 Å². The molecule has 0 spiro atoms. The first kappa shape index (κ1) is 14.5. The third kappa shape index (κ3) is 4.30. The van der Waals surface area contributed by atoms with E-state index in [0.717, 1.165) is 5.04 Å². The summed E-state index contributed by atoms with van der Waals surface area (Å²) >= 11 is 13.0. The monoisotopic (exact) mass is 290 g/mol. The van der Waals surface area contributed by atoms with Crippen LogP contribution in [0.4, 0.5) is 0 Å². The van der Waals surface area contributed by atoms with Crippen molar-refractivity contribution >= 4 is 45.8 Å². The summed E-state index contributed by atoms with van der Waals surface area (Å²) in [5.74, 6) is -0.0578. The third-order valence-electron chi connectivity index (χ3n) is 2.00. The molecule has 0 aliphatic heterocycles. The van der Waals surface area contributed by atoms with Gasteiger partial charge in [-0.25, -0.2) is 4.98 Å². The summed E-state index contributed by atoms with van der Waals surface area (Å²) in [5.41, 5.74) is 0.456. The van der Waals surface area contributed by atoms with Crippen molar-refractivity contribution in [2.75, 3.05) is 12.8 Å². The second-order valence-electron chi connectivity index (χ2n) is 3.17. The van der Waals surface area contributed by atoms with Crippen LogP contribution >= 0.6 is 35.0 Å². The highest BCUT2D eigenvalue weighted by molar-refractivity contribution is 8.13. The average Bonchev–Trinajstić information content (AvgIpc) is 2.31. The summed E-state index contributed by atoms with van der Waals surface area (Å²) in [5, 5.41) is 1.30. The number of aromatic nitrogens is 1. The van der Waals surface area contributed by atoms with E-state index in [9.17, 15) is 4.79 Å². The molecule has 0 N–H and O–H groups in total. The zero-order valence-corrected chi connectivity index (χ0v) is 11.9. The molecular formula is C11H12Cl2N2OS. The highest BCUT2D eigenvalue weighted by Gasteiger charge is 2.11. The first-order chi connectivity index (χ1) is 8.08. The van der Waals surface area contributed by atoms with E-state index in [2.05, 4.69) is 9.98 Å². The molecule has 1 rings (SSSR count). The van der Waals surface area contributed by atoms with E-state index < -0.39 is 0 Å². The third-order valence-corrected chi connectivity index (χ3v) is 3.43. The van der Waals surface area contributed by atoms with Crippen LogP contribution < -0.4 is 0 Å². The van der Waals surface area contributed by atoms with Crippen LogP contribution in [0, 0.1) is 0 Å². The number of ketones is 1. The van der Waals surface area contributed by atoms with Crippen molar-refractivity contribution in [2.45, 2.75) is 13.3 Å². The predicted molar refractivity (Wildman–Crippen MR) is 74.7 cm³/mol. The Kier molecular flexibility index (Phi) is 5.95. The molecule has 1 heterocycles. The Labute approximate surface area is 115 Å². The zero-order valence-electron chi connectivity index (χ0n) is 9.54. The lowest BCUT2D eigenvalue weighted by atomic mass is 10.1. The Bertz CT molecular complexity index is 449. The molecule has 0 saturated heterocycles. The molecule has 3 nitrogen and oxygen atoms in total. The number of carbonyl (C=O) groups is 1. The summed E-state index contributed by atoms with van der Waals surface area (Å²) in [6.07, 6.45) is 3.60. The van der Waals surface area contributed by atoms with E-state index in [1.807, 2.05) is 13.2 Å². The number of pyridine rings is 1. The van der Waals surface area contributed by atoms with Crippen molar-refractivity contribution in [1.29, 1.82) is 0 Å². The topological polar surface area (TPSA) is 42.3 Å². The number of carbonyl (C=O) groups excluding carboxylic acids is 1. The second-order valence-corrected chi connectivity index (χ2v) is 4.81. The minimum atomic E-state index is -0.0578. The van der Waals surface area contributed by atoms with Crippen molar-refractivity contribution in [3.63, 3.8) is 0 Å². The van der Waals surface area contributed by atoms with Gasteiger partial charge in [-0.2, -0.15) is 0 Å². The maximum absolute atomic E-state index is 11.9. The van der Waals surface area contributed by atoms with Crippen LogP contribution in [0.5, 0.6) is 0 Å². The summed E-state index contributed by atoms with van der Waals surface area (Å²) in [6, 6.07) is 1.53. The fraction of sp³-hybridized carbons (Fsp3) is 0.364. The van der Waals surface area contributed by atoms with Crippen LogP contribution in [-0.4, -0.2) is 28.6 Å². The zero-order chi connectivity index (χ0) is 12.8. The number of Topliss-reactive ketones (excluding diaryl/α,β-unsaturated/α-hetero) is 1. The summed E-state index contributed by atoms with van der Waals surface area (Å²) in [7, 11) is 0. The van der Waals surface area contributed by atoms with Gasteiger partial charge < -0.3 is 0 Å². The Balaban J connectivity index is 2.82. The van der Waals surface area contributed by atoms with Crippen LogP contribution in [0.1, 0.15) is 23.7 Å². The van der Waals surface area contributed by atoms with Gasteiger partial charge in [-0.05, 0) is 19.2 Å². The SMILES string of the molecule is CCN=C(CC(=O)c1cnc(Cl)c(Cl)c1)SC. The molecule has 1 aromatic rings. The van der Waals surface area contributed by atoms with Gasteiger partial charge in [0.15, 0.2) is 5.78 Å². The van der Waals surface area contributed by atoms with Gasteiger partial charge in [0.25, 0.3) is 0 Å². The van der Waals surface area contributed by atoms with Gasteiger partial charge in [0, 0.05) is 18.3 Å². The fourth-order valence-electron chi connectivity index (χ4n) is 1.18. The molecule has 0 aliphatic carbocycles. The molecule has 92 valence electrons. The van der Waals surface area contributed by atoms with E-state index in [-0.39, 0.29) is 22.4 Å². The smallest absolute Gasteiger partial charge is 0.170 e. The molecule has 0 unspecified atom stereocenters. The van der Waals surface area contributed by atoms with Crippen molar-refractivity contribution < 1.29 is 4.79 Å². The summed E-state index contributed by atoms with van der Waals surface area (Å²) in [4.78, 5) is 20.0. The average molecular weight is 291 g/mol. The molecule has 17 heavy (non-hydrogen) atoms. The van der Waals surface area contributed by atoms with E-state index in [1.165, 1.54) is 24.0 Å². The molecule has 6 heteroatoms. The quantitative estimate of drug-likeness (QED) is 0.367. The first-order valence-electron chi connectivity index (χ1n) is 5.00. The van der Waals surface area contributed by atoms with Gasteiger partial charge >= 0.3 is 0 Å². The molecule has 0 aliphatic rings. The molecule has 0 aromatic carbocycles. The Morgan fingerprint density at radius 3 is 2.76 bits per heavy atom. The van der Waals surface area contributed by atoms with Gasteiger partial charge in [0.05, 0.1) is 16.5 Å². The highest BCUT2D eigenvalue weighted by atomic mass is 35.5. The molecular weight excluding hydrogens is 279 g/mol. The van der Waals surface area contributed by atoms with Crippen LogP contribution in [-0.2, 0) is 0 Å². The molecule has 0 atom stereocenters. The van der Waals surface area contributed by atoms with E-state index in [4.69, 9.17) is 23.2 Å². The number of aliphatic imine (C=N–C) groups is 1. The van der Waals surface area contributed by atoms with E-state index in [1.54, 1.807) is 0 Å². The standard InChI is InChI=1S/C11H12Cl2N2OS/c1-3-14-10(17-2)5-9(16)7-4-8(12)11(13)15-6-7/h4,6H,3,5H2,1-2H3. The summed E-state index contributed by atoms with van der Waals surface area (Å²) in [6.45, 7) is 2.60. The lowest BCUT2D eigenvalue weighted by Crippen LogP contribution is -2.06. The summed E-state index contributed by atoms with van der Waals surface area (Å²) < 4.78 is 0. The molecule has 0 radical (unpaired) electrons. The largest absolute Gasteiger partial charge is 0.294 e. The number of rotatable bonds is 4. The van der Waals surface area contributed by atoms with Gasteiger partial charge in [0.2, 0.25) is 0 Å². The number of thioether (sulfide) groups is 1. The maximum Gasteiger partial charge on any atom is 0.170 e. The molecule has 1 aromatic heterocycles. The lowest BCUT2D eigenvalue weighted by molar-refractivity contribution is 0.100. The molecule has 0 fully saturated rings. The van der Waals surface area contributed by atoms with Gasteiger partial charge in [-0.1, -0.05) is 23.2 Å². The van der Waals surface area contributed by atoms with Crippen molar-refractivity contribution in [3.05, 3.63) is 28.0 Å². The Hall–Kier alpha value is -0.580. The van der Waals surface area contributed by atoms with Gasteiger partial charge in [0.1, 0.15) is 5.15 Å². The number of halogens is 2. The fourth-order valence-corrected chi connectivity index (χ4v) is 1.99. The second kappa shape index (κ2) is 6.99. The predicted octanol–water partition coefficient (Wildman–Crippen LogP) is 3.74. The van der Waals surface area contributed by atoms with Crippen LogP contribution in [0.25, 0.3) is 0 Å². The molecule has 0 bridgehead atoms. The molecule has 0 amide bonds. The normalized spacial score (nSPS) is 11.6. The molecule has 0 saturated carbocycles. The lowest BCUT2D eigenvalue weighted by Gasteiger charge is -2.03. The van der Waals surface area contributed by atoms with Crippen LogP contribution in [0.15, 0.2) is 17.3 Å². The van der Waals surface area contributed by atoms with Gasteiger partial charge in [-0.3, -0.25) is 9.79 Å². The Morgan fingerprint density at radius 1 is 1.53 bits per heavy atom. The minimum Gasteiger partial charge on any atom is -0.294 e. The highest BCUT2D eigenvalue weighted by Crippen LogP contribution is 2.21. The van der Waals surface area contributed by atoms with Gasteiger partial charge in [-0.15, -0.1) is 11.8 Å². The number of nitrogens with zero attached hydrogens (tertiary/aromatic N) is 2. The Morgan fingerprint density at radius 2 is 2.24 bits per heavy atom. The maximum atomic E-state index is 11.9. The van der Waals surface area contributed by atoms with E-state index in [0.29, 0.717) is 12.1 Å². The minimum absolute atomic E-state index is 0.0578. The van der Waals surface area contributed by atoms with Crippen molar-refractivity contribution in [1.82, 2.24) is 4.98 Å². The van der Waals surface area contributed by atoms with Crippen LogP contribution in [0.2, 0.25) is 10.2 Å². The first-order valence-corrected chi connectivity index (χ1v) is 6.98. The number of hydrogen-bond acceptors (Lipinski definition) is 4. The van der Waals surface area contributed by atoms with E-state index >= 15 is 0 Å². The van der Waals surface area contributed by atoms with Crippen LogP contribution in [0.3, 0.4) is 0 Å². The van der Waals surface area contributed by atoms with Crippen molar-refractivity contribution in [2.24, 2.45) is 4.99 Å².